The lowest BCUT2D eigenvalue weighted by molar-refractivity contribution is -0.151. The molecular weight excluding hydrogens is 339 g/mol. The third-order valence-electron chi connectivity index (χ3n) is 3.62. The highest BCUT2D eigenvalue weighted by Gasteiger charge is 2.40. The minimum Gasteiger partial charge on any atom is -0.343 e. The van der Waals surface area contributed by atoms with Crippen LogP contribution in [0.1, 0.15) is 26.3 Å². The Morgan fingerprint density at radius 2 is 2.05 bits per heavy atom. The summed E-state index contributed by atoms with van der Waals surface area (Å²) in [4.78, 5) is 26.1. The molecule has 0 aliphatic carbocycles. The summed E-state index contributed by atoms with van der Waals surface area (Å²) in [6.45, 7) is 5.64. The lowest BCUT2D eigenvalue weighted by Gasteiger charge is -2.40. The quantitative estimate of drug-likeness (QED) is 0.904. The van der Waals surface area contributed by atoms with Crippen molar-refractivity contribution in [3.8, 4) is 0 Å². The maximum Gasteiger partial charge on any atom is 0.245 e. The molecule has 2 amide bonds. The van der Waals surface area contributed by atoms with Crippen molar-refractivity contribution in [2.24, 2.45) is 5.92 Å². The molecule has 0 radical (unpaired) electrons. The SMILES string of the molecule is CC1NC(=O)C(C(C)C)N(Cc2cccc(F)c2Br)C1=O. The van der Waals surface area contributed by atoms with Crippen molar-refractivity contribution < 1.29 is 14.0 Å². The summed E-state index contributed by atoms with van der Waals surface area (Å²) >= 11 is 3.20. The van der Waals surface area contributed by atoms with Crippen LogP contribution in [0.2, 0.25) is 0 Å². The molecule has 1 N–H and O–H groups in total. The molecule has 1 aliphatic rings. The van der Waals surface area contributed by atoms with Crippen LogP contribution in [0.5, 0.6) is 0 Å². The van der Waals surface area contributed by atoms with Crippen molar-refractivity contribution in [2.45, 2.75) is 39.4 Å². The maximum absolute atomic E-state index is 13.6. The molecule has 6 heteroatoms. The minimum atomic E-state index is -0.556. The fourth-order valence-electron chi connectivity index (χ4n) is 2.58. The van der Waals surface area contributed by atoms with Gasteiger partial charge in [-0.3, -0.25) is 9.59 Å². The highest BCUT2D eigenvalue weighted by molar-refractivity contribution is 9.10. The predicted octanol–water partition coefficient (Wildman–Crippen LogP) is 2.46. The van der Waals surface area contributed by atoms with Crippen LogP contribution in [0.15, 0.2) is 22.7 Å². The third-order valence-corrected chi connectivity index (χ3v) is 4.51. The van der Waals surface area contributed by atoms with Crippen molar-refractivity contribution in [1.29, 1.82) is 0 Å². The van der Waals surface area contributed by atoms with Crippen LogP contribution in [0.4, 0.5) is 4.39 Å². The fourth-order valence-corrected chi connectivity index (χ4v) is 2.97. The van der Waals surface area contributed by atoms with E-state index >= 15 is 0 Å². The monoisotopic (exact) mass is 356 g/mol. The van der Waals surface area contributed by atoms with Crippen molar-refractivity contribution in [2.75, 3.05) is 0 Å². The Labute approximate surface area is 131 Å². The van der Waals surface area contributed by atoms with Gasteiger partial charge in [0.1, 0.15) is 17.9 Å². The number of nitrogens with one attached hydrogen (secondary N) is 1. The summed E-state index contributed by atoms with van der Waals surface area (Å²) in [5.41, 5.74) is 0.649. The van der Waals surface area contributed by atoms with Crippen molar-refractivity contribution >= 4 is 27.7 Å². The van der Waals surface area contributed by atoms with Crippen LogP contribution >= 0.6 is 15.9 Å². The Morgan fingerprint density at radius 3 is 2.67 bits per heavy atom. The summed E-state index contributed by atoms with van der Waals surface area (Å²) in [6, 6.07) is 3.59. The van der Waals surface area contributed by atoms with Crippen LogP contribution in [0.3, 0.4) is 0 Å². The molecule has 1 aromatic carbocycles. The molecule has 2 unspecified atom stereocenters. The van der Waals surface area contributed by atoms with Gasteiger partial charge in [0.25, 0.3) is 0 Å². The van der Waals surface area contributed by atoms with Crippen LogP contribution in [0, 0.1) is 11.7 Å². The normalized spacial score (nSPS) is 22.7. The Kier molecular flexibility index (Phi) is 4.66. The van der Waals surface area contributed by atoms with Gasteiger partial charge in [-0.15, -0.1) is 0 Å². The Bertz CT molecular complexity index is 577. The van der Waals surface area contributed by atoms with Crippen molar-refractivity contribution in [1.82, 2.24) is 10.2 Å². The number of carbonyl (C=O) groups is 2. The number of hydrogen-bond donors (Lipinski definition) is 1. The van der Waals surface area contributed by atoms with Gasteiger partial charge in [-0.25, -0.2) is 4.39 Å². The molecule has 0 aromatic heterocycles. The largest absolute Gasteiger partial charge is 0.343 e. The first kappa shape index (κ1) is 15.9. The summed E-state index contributed by atoms with van der Waals surface area (Å²) in [7, 11) is 0. The highest BCUT2D eigenvalue weighted by Crippen LogP contribution is 2.25. The van der Waals surface area contributed by atoms with E-state index in [0.29, 0.717) is 10.0 Å². The van der Waals surface area contributed by atoms with Crippen LogP contribution in [-0.2, 0) is 16.1 Å². The number of nitrogens with zero attached hydrogens (tertiary/aromatic N) is 1. The van der Waals surface area contributed by atoms with Gasteiger partial charge in [0.2, 0.25) is 11.8 Å². The zero-order chi connectivity index (χ0) is 15.7. The minimum absolute atomic E-state index is 0.0196. The first-order chi connectivity index (χ1) is 9.82. The molecule has 0 spiro atoms. The third kappa shape index (κ3) is 3.10. The number of hydrogen-bond acceptors (Lipinski definition) is 2. The van der Waals surface area contributed by atoms with Gasteiger partial charge in [0, 0.05) is 6.54 Å². The first-order valence-corrected chi connectivity index (χ1v) is 7.66. The van der Waals surface area contributed by atoms with Gasteiger partial charge in [-0.1, -0.05) is 26.0 Å². The molecule has 1 aliphatic heterocycles. The van der Waals surface area contributed by atoms with Gasteiger partial charge in [-0.2, -0.15) is 0 Å². The number of benzene rings is 1. The lowest BCUT2D eigenvalue weighted by atomic mass is 9.96. The lowest BCUT2D eigenvalue weighted by Crippen LogP contribution is -2.63. The van der Waals surface area contributed by atoms with E-state index in [4.69, 9.17) is 0 Å². The molecular formula is C15H18BrFN2O2. The van der Waals surface area contributed by atoms with E-state index < -0.39 is 12.1 Å². The Balaban J connectivity index is 2.35. The van der Waals surface area contributed by atoms with E-state index in [-0.39, 0.29) is 30.1 Å². The maximum atomic E-state index is 13.6. The number of carbonyl (C=O) groups excluding carboxylic acids is 2. The van der Waals surface area contributed by atoms with Gasteiger partial charge < -0.3 is 10.2 Å². The van der Waals surface area contributed by atoms with E-state index in [1.807, 2.05) is 13.8 Å². The van der Waals surface area contributed by atoms with Crippen LogP contribution in [-0.4, -0.2) is 28.8 Å². The molecule has 4 nitrogen and oxygen atoms in total. The average Bonchev–Trinajstić information content (AvgIpc) is 2.40. The molecule has 1 aromatic rings. The summed E-state index contributed by atoms with van der Waals surface area (Å²) in [6.07, 6.45) is 0. The highest BCUT2D eigenvalue weighted by atomic mass is 79.9. The number of halogens is 2. The fraction of sp³-hybridized carbons (Fsp3) is 0.467. The predicted molar refractivity (Wildman–Crippen MR) is 80.9 cm³/mol. The average molecular weight is 357 g/mol. The Hall–Kier alpha value is -1.43. The number of rotatable bonds is 3. The zero-order valence-corrected chi connectivity index (χ0v) is 13.8. The summed E-state index contributed by atoms with van der Waals surface area (Å²) < 4.78 is 13.9. The van der Waals surface area contributed by atoms with Gasteiger partial charge in [0.15, 0.2) is 0 Å². The zero-order valence-electron chi connectivity index (χ0n) is 12.2. The van der Waals surface area contributed by atoms with Crippen LogP contribution in [0.25, 0.3) is 0 Å². The second-order valence-corrected chi connectivity index (χ2v) is 6.39. The van der Waals surface area contributed by atoms with E-state index in [1.165, 1.54) is 11.0 Å². The molecule has 1 saturated heterocycles. The summed E-state index contributed by atoms with van der Waals surface area (Å²) in [5, 5.41) is 2.69. The second-order valence-electron chi connectivity index (χ2n) is 5.60. The number of piperazine rings is 1. The molecule has 0 saturated carbocycles. The van der Waals surface area contributed by atoms with Crippen LogP contribution < -0.4 is 5.32 Å². The molecule has 21 heavy (non-hydrogen) atoms. The first-order valence-electron chi connectivity index (χ1n) is 6.86. The van der Waals surface area contributed by atoms with E-state index in [1.54, 1.807) is 19.1 Å². The number of amides is 2. The standard InChI is InChI=1S/C15H18BrFN2O2/c1-8(2)13-14(20)18-9(3)15(21)19(13)7-10-5-4-6-11(17)12(10)16/h4-6,8-9,13H,7H2,1-3H3,(H,18,20). The second kappa shape index (κ2) is 6.13. The van der Waals surface area contributed by atoms with E-state index in [0.717, 1.165) is 0 Å². The molecule has 0 bridgehead atoms. The molecule has 1 heterocycles. The van der Waals surface area contributed by atoms with Gasteiger partial charge in [0.05, 0.1) is 4.47 Å². The molecule has 2 atom stereocenters. The Morgan fingerprint density at radius 1 is 1.38 bits per heavy atom. The van der Waals surface area contributed by atoms with Crippen molar-refractivity contribution in [3.63, 3.8) is 0 Å². The topological polar surface area (TPSA) is 49.4 Å². The smallest absolute Gasteiger partial charge is 0.245 e. The van der Waals surface area contributed by atoms with E-state index in [9.17, 15) is 14.0 Å². The van der Waals surface area contributed by atoms with Crippen molar-refractivity contribution in [3.05, 3.63) is 34.1 Å². The van der Waals surface area contributed by atoms with E-state index in [2.05, 4.69) is 21.2 Å². The van der Waals surface area contributed by atoms with Gasteiger partial charge in [-0.05, 0) is 40.4 Å². The molecule has 114 valence electrons. The molecule has 2 rings (SSSR count). The van der Waals surface area contributed by atoms with Gasteiger partial charge >= 0.3 is 0 Å². The molecule has 1 fully saturated rings. The summed E-state index contributed by atoms with van der Waals surface area (Å²) in [5.74, 6) is -0.710.